The third kappa shape index (κ3) is 10.3. The Morgan fingerprint density at radius 3 is 2.46 bits per heavy atom. The molecule has 1 aliphatic carbocycles. The maximum Gasteiger partial charge on any atom is 0.410 e. The van der Waals surface area contributed by atoms with Gasteiger partial charge in [0.25, 0.3) is 5.91 Å². The summed E-state index contributed by atoms with van der Waals surface area (Å²) >= 11 is 0. The highest BCUT2D eigenvalue weighted by Crippen LogP contribution is 2.44. The lowest BCUT2D eigenvalue weighted by molar-refractivity contribution is -0.155. The first-order chi connectivity index (χ1) is 32.9. The van der Waals surface area contributed by atoms with Crippen LogP contribution in [0.2, 0.25) is 0 Å². The summed E-state index contributed by atoms with van der Waals surface area (Å²) in [5, 5.41) is 6.05. The van der Waals surface area contributed by atoms with Crippen LogP contribution >= 0.6 is 0 Å². The van der Waals surface area contributed by atoms with Gasteiger partial charge in [-0.3, -0.25) is 29.3 Å². The zero-order chi connectivity index (χ0) is 48.8. The molecule has 0 unspecified atom stereocenters. The molecule has 3 saturated heterocycles. The lowest BCUT2D eigenvalue weighted by atomic mass is 9.83. The number of ether oxygens (including phenoxy) is 2. The maximum absolute atomic E-state index is 15.1. The summed E-state index contributed by atoms with van der Waals surface area (Å²) in [5.41, 5.74) is 10.8. The molecule has 6 heterocycles. The van der Waals surface area contributed by atoms with Crippen LogP contribution in [0.4, 0.5) is 4.79 Å². The van der Waals surface area contributed by atoms with Gasteiger partial charge in [0.1, 0.15) is 17.7 Å². The first-order valence-electron chi connectivity index (χ1n) is 25.9. The number of likely N-dealkylation sites (tertiary alicyclic amines) is 2. The van der Waals surface area contributed by atoms with Crippen molar-refractivity contribution in [2.24, 2.45) is 16.7 Å². The number of hydrogen-bond acceptors (Lipinski definition) is 9. The number of aryl methyl sites for hydroxylation is 1. The van der Waals surface area contributed by atoms with Gasteiger partial charge in [0.05, 0.1) is 24.0 Å². The van der Waals surface area contributed by atoms with Gasteiger partial charge in [-0.25, -0.2) is 10.2 Å². The number of hydrazine groups is 1. The Labute approximate surface area is 409 Å². The maximum atomic E-state index is 15.1. The minimum Gasteiger partial charge on any atom is -0.464 e. The summed E-state index contributed by atoms with van der Waals surface area (Å²) in [5.74, 6) is -0.408. The predicted octanol–water partition coefficient (Wildman–Crippen LogP) is 9.05. The first-order valence-corrected chi connectivity index (χ1v) is 25.9. The molecule has 9 rings (SSSR count). The number of benzene rings is 2. The molecule has 13 nitrogen and oxygen atoms in total. The summed E-state index contributed by atoms with van der Waals surface area (Å²) in [7, 11) is 0. The largest absolute Gasteiger partial charge is 0.464 e. The molecule has 1 saturated carbocycles. The molecule has 1 spiro atoms. The van der Waals surface area contributed by atoms with Crippen molar-refractivity contribution in [2.75, 3.05) is 39.3 Å². The summed E-state index contributed by atoms with van der Waals surface area (Å²) in [4.78, 5) is 66.4. The molecule has 0 radical (unpaired) electrons. The Hall–Kier alpha value is -5.27. The van der Waals surface area contributed by atoms with Crippen LogP contribution < -0.4 is 10.7 Å². The quantitative estimate of drug-likeness (QED) is 0.174. The Morgan fingerprint density at radius 1 is 0.942 bits per heavy atom. The lowest BCUT2D eigenvalue weighted by Crippen LogP contribution is -2.62. The Morgan fingerprint density at radius 2 is 1.71 bits per heavy atom. The fourth-order valence-corrected chi connectivity index (χ4v) is 12.2. The monoisotopic (exact) mass is 942 g/mol. The van der Waals surface area contributed by atoms with E-state index < -0.39 is 29.1 Å². The van der Waals surface area contributed by atoms with Crippen molar-refractivity contribution >= 4 is 34.8 Å². The molecule has 370 valence electrons. The highest BCUT2D eigenvalue weighted by molar-refractivity contribution is 5.95. The van der Waals surface area contributed by atoms with Crippen molar-refractivity contribution in [3.05, 3.63) is 77.6 Å². The van der Waals surface area contributed by atoms with Gasteiger partial charge in [0.2, 0.25) is 5.91 Å². The number of carbonyl (C=O) groups is 4. The third-order valence-electron chi connectivity index (χ3n) is 15.5. The molecule has 2 aromatic heterocycles. The molecule has 2 aromatic carbocycles. The molecular weight excluding hydrogens is 867 g/mol. The van der Waals surface area contributed by atoms with Crippen LogP contribution in [-0.4, -0.2) is 111 Å². The summed E-state index contributed by atoms with van der Waals surface area (Å²) in [6.07, 6.45) is 9.48. The zero-order valence-electron chi connectivity index (χ0n) is 42.4. The van der Waals surface area contributed by atoms with E-state index in [4.69, 9.17) is 14.5 Å². The van der Waals surface area contributed by atoms with E-state index in [1.165, 1.54) is 5.56 Å². The SMILES string of the molecule is CCn1c(-c2cccnc2C(C)C)c2c3cc(ccc31)-c1cccc(c1)C[C@H](NC(=O)[C@H](C1CCCC1)N1CC[C@]3(CCN(C(=O)OC(C)(C)C)C3)C1)C(=O)N1CCC[C@H](N1)C(=O)OCC(C)(C)C2. The number of esters is 1. The van der Waals surface area contributed by atoms with Gasteiger partial charge < -0.3 is 24.3 Å². The average Bonchev–Trinajstić information content (AvgIpc) is 4.15. The third-order valence-corrected chi connectivity index (χ3v) is 15.5. The molecule has 4 fully saturated rings. The van der Waals surface area contributed by atoms with E-state index in [1.54, 1.807) is 5.01 Å². The standard InChI is InChI=1S/C56H75N7O6/c1-9-62-46-22-21-40-31-42(46)43(49(62)41-19-13-25-57-47(41)36(2)3)32-55(7,8)35-68-52(66)44-20-14-26-63(59-44)51(65)45(30-37-15-12-18-39(40)29-37)58-50(64)48(38-16-10-11-17-38)60-27-23-56(33-60)24-28-61(34-56)53(67)69-54(4,5)6/h12-13,15,18-19,21-22,25,29,31,36,38,44-45,48,59H,9-11,14,16-17,20,23-24,26-28,30,32-35H2,1-8H3,(H,58,64)/t44-,45-,48-,56-/m0/s1. The van der Waals surface area contributed by atoms with E-state index in [0.717, 1.165) is 96.2 Å². The van der Waals surface area contributed by atoms with Gasteiger partial charge >= 0.3 is 12.1 Å². The number of rotatable bonds is 7. The van der Waals surface area contributed by atoms with Crippen LogP contribution in [0.1, 0.15) is 129 Å². The van der Waals surface area contributed by atoms with Crippen LogP contribution in [0, 0.1) is 16.7 Å². The van der Waals surface area contributed by atoms with Crippen molar-refractivity contribution < 1.29 is 28.7 Å². The molecule has 2 N–H and O–H groups in total. The van der Waals surface area contributed by atoms with Crippen molar-refractivity contribution in [3.8, 4) is 22.4 Å². The smallest absolute Gasteiger partial charge is 0.410 e. The van der Waals surface area contributed by atoms with Crippen LogP contribution in [0.5, 0.6) is 0 Å². The van der Waals surface area contributed by atoms with E-state index in [2.05, 4.69) is 91.2 Å². The molecule has 4 aliphatic heterocycles. The van der Waals surface area contributed by atoms with Crippen molar-refractivity contribution in [1.29, 1.82) is 0 Å². The second-order valence-corrected chi connectivity index (χ2v) is 23.0. The first kappa shape index (κ1) is 48.7. The number of aromatic nitrogens is 2. The van der Waals surface area contributed by atoms with Crippen molar-refractivity contribution in [2.45, 2.75) is 156 Å². The van der Waals surface area contributed by atoms with Gasteiger partial charge in [-0.05, 0) is 138 Å². The highest BCUT2D eigenvalue weighted by atomic mass is 16.6. The number of cyclic esters (lactones) is 1. The van der Waals surface area contributed by atoms with E-state index >= 15 is 4.79 Å². The lowest BCUT2D eigenvalue weighted by Gasteiger charge is -2.37. The van der Waals surface area contributed by atoms with Gasteiger partial charge in [0.15, 0.2) is 0 Å². The molecule has 69 heavy (non-hydrogen) atoms. The average molecular weight is 942 g/mol. The number of pyridine rings is 1. The van der Waals surface area contributed by atoms with E-state index in [1.807, 2.05) is 50.1 Å². The zero-order valence-corrected chi connectivity index (χ0v) is 42.4. The molecule has 13 heteroatoms. The molecule has 6 bridgehead atoms. The molecule has 4 atom stereocenters. The fourth-order valence-electron chi connectivity index (χ4n) is 12.2. The minimum absolute atomic E-state index is 0.110. The number of carbonyl (C=O) groups excluding carboxylic acids is 4. The molecule has 5 aliphatic rings. The van der Waals surface area contributed by atoms with Crippen LogP contribution in [0.15, 0.2) is 60.8 Å². The second kappa shape index (κ2) is 19.5. The number of amides is 3. The molecule has 3 amide bonds. The molecule has 4 aromatic rings. The molecular formula is C56H75N7O6. The van der Waals surface area contributed by atoms with Crippen molar-refractivity contribution in [1.82, 2.24) is 35.1 Å². The number of nitrogens with one attached hydrogen (secondary N) is 2. The van der Waals surface area contributed by atoms with Gasteiger partial charge in [-0.2, -0.15) is 0 Å². The van der Waals surface area contributed by atoms with E-state index in [0.29, 0.717) is 45.4 Å². The Balaban J connectivity index is 1.07. The van der Waals surface area contributed by atoms with Crippen LogP contribution in [0.25, 0.3) is 33.3 Å². The summed E-state index contributed by atoms with van der Waals surface area (Å²) < 4.78 is 14.4. The highest BCUT2D eigenvalue weighted by Gasteiger charge is 2.50. The van der Waals surface area contributed by atoms with Gasteiger partial charge in [-0.15, -0.1) is 0 Å². The number of hydrogen-bond donors (Lipinski definition) is 2. The van der Waals surface area contributed by atoms with Crippen molar-refractivity contribution in [3.63, 3.8) is 0 Å². The predicted molar refractivity (Wildman–Crippen MR) is 269 cm³/mol. The Kier molecular flexibility index (Phi) is 13.8. The number of nitrogens with zero attached hydrogens (tertiary/aromatic N) is 5. The number of fused-ring (bicyclic) bond motifs is 6. The Bertz CT molecular complexity index is 2570. The normalized spacial score (nSPS) is 24.2. The fraction of sp³-hybridized carbons (Fsp3) is 0.589. The van der Waals surface area contributed by atoms with E-state index in [-0.39, 0.29) is 54.2 Å². The van der Waals surface area contributed by atoms with Gasteiger partial charge in [-0.1, -0.05) is 70.9 Å². The summed E-state index contributed by atoms with van der Waals surface area (Å²) in [6, 6.07) is 17.3. The second-order valence-electron chi connectivity index (χ2n) is 23.0. The van der Waals surface area contributed by atoms with Gasteiger partial charge in [0, 0.05) is 72.6 Å². The van der Waals surface area contributed by atoms with Crippen LogP contribution in [0.3, 0.4) is 0 Å². The summed E-state index contributed by atoms with van der Waals surface area (Å²) in [6.45, 7) is 20.6. The minimum atomic E-state index is -0.896. The van der Waals surface area contributed by atoms with E-state index in [9.17, 15) is 14.4 Å². The van der Waals surface area contributed by atoms with Crippen LogP contribution in [-0.2, 0) is 43.2 Å². The topological polar surface area (TPSA) is 138 Å².